The summed E-state index contributed by atoms with van der Waals surface area (Å²) in [6.07, 6.45) is 2.47. The van der Waals surface area contributed by atoms with Crippen molar-refractivity contribution >= 4 is 0 Å². The highest BCUT2D eigenvalue weighted by Gasteiger charge is 2.39. The minimum absolute atomic E-state index is 0.0877. The number of morpholine rings is 2. The molecule has 0 aromatic rings. The summed E-state index contributed by atoms with van der Waals surface area (Å²) in [6, 6.07) is 0. The molecule has 0 saturated carbocycles. The van der Waals surface area contributed by atoms with Crippen molar-refractivity contribution in [1.82, 2.24) is 16.0 Å². The van der Waals surface area contributed by atoms with E-state index in [-0.39, 0.29) is 28.8 Å². The maximum absolute atomic E-state index is 6.53. The van der Waals surface area contributed by atoms with Gasteiger partial charge in [-0.05, 0) is 39.7 Å². The van der Waals surface area contributed by atoms with E-state index in [1.807, 2.05) is 7.05 Å². The van der Waals surface area contributed by atoms with Gasteiger partial charge >= 0.3 is 0 Å². The minimum atomic E-state index is -0.154. The van der Waals surface area contributed by atoms with E-state index in [0.29, 0.717) is 0 Å². The van der Waals surface area contributed by atoms with Crippen LogP contribution in [0.25, 0.3) is 0 Å². The quantitative estimate of drug-likeness (QED) is 0.691. The summed E-state index contributed by atoms with van der Waals surface area (Å²) in [5.41, 5.74) is -0.00179. The molecule has 3 unspecified atom stereocenters. The van der Waals surface area contributed by atoms with Gasteiger partial charge in [-0.1, -0.05) is 13.8 Å². The zero-order valence-corrected chi connectivity index (χ0v) is 15.9. The first kappa shape index (κ1) is 19.1. The third kappa shape index (κ3) is 5.98. The summed E-state index contributed by atoms with van der Waals surface area (Å²) < 4.78 is 12.8. The fraction of sp³-hybridized carbons (Fsp3) is 1.00. The Bertz CT molecular complexity index is 386. The fourth-order valence-electron chi connectivity index (χ4n) is 4.05. The second-order valence-electron chi connectivity index (χ2n) is 9.05. The summed E-state index contributed by atoms with van der Waals surface area (Å²) in [7, 11) is 2.01. The van der Waals surface area contributed by atoms with Gasteiger partial charge in [0, 0.05) is 39.1 Å². The largest absolute Gasteiger partial charge is 0.370 e. The van der Waals surface area contributed by atoms with E-state index in [1.54, 1.807) is 0 Å². The van der Waals surface area contributed by atoms with Gasteiger partial charge in [0.15, 0.2) is 0 Å². The molecule has 2 saturated heterocycles. The first-order chi connectivity index (χ1) is 10.6. The molecule has 0 radical (unpaired) electrons. The van der Waals surface area contributed by atoms with Crippen molar-refractivity contribution in [2.24, 2.45) is 5.41 Å². The zero-order chi connectivity index (χ0) is 17.1. The molecule has 0 amide bonds. The number of ether oxygens (including phenoxy) is 2. The van der Waals surface area contributed by atoms with Crippen LogP contribution in [0.3, 0.4) is 0 Å². The van der Waals surface area contributed by atoms with Crippen molar-refractivity contribution in [1.29, 1.82) is 0 Å². The second kappa shape index (κ2) is 7.36. The lowest BCUT2D eigenvalue weighted by atomic mass is 9.85. The highest BCUT2D eigenvalue weighted by Crippen LogP contribution is 2.31. The molecule has 0 aromatic carbocycles. The van der Waals surface area contributed by atoms with Crippen molar-refractivity contribution in [3.8, 4) is 0 Å². The van der Waals surface area contributed by atoms with Gasteiger partial charge in [-0.15, -0.1) is 0 Å². The van der Waals surface area contributed by atoms with Gasteiger partial charge in [0.2, 0.25) is 0 Å². The summed E-state index contributed by atoms with van der Waals surface area (Å²) in [6.45, 7) is 15.8. The maximum Gasteiger partial charge on any atom is 0.0807 e. The lowest BCUT2D eigenvalue weighted by Gasteiger charge is -2.45. The highest BCUT2D eigenvalue weighted by atomic mass is 16.5. The van der Waals surface area contributed by atoms with Crippen molar-refractivity contribution in [2.75, 3.05) is 39.8 Å². The van der Waals surface area contributed by atoms with Gasteiger partial charge in [0.1, 0.15) is 0 Å². The van der Waals surface area contributed by atoms with E-state index in [4.69, 9.17) is 9.47 Å². The Kier molecular flexibility index (Phi) is 6.12. The lowest BCUT2D eigenvalue weighted by Crippen LogP contribution is -2.58. The average molecular weight is 328 g/mol. The van der Waals surface area contributed by atoms with Crippen molar-refractivity contribution in [3.63, 3.8) is 0 Å². The van der Waals surface area contributed by atoms with E-state index < -0.39 is 0 Å². The van der Waals surface area contributed by atoms with Gasteiger partial charge in [0.05, 0.1) is 23.4 Å². The van der Waals surface area contributed by atoms with Crippen LogP contribution in [0.1, 0.15) is 47.5 Å². The molecule has 2 aliphatic rings. The Labute approximate surface area is 142 Å². The summed E-state index contributed by atoms with van der Waals surface area (Å²) in [4.78, 5) is 0. The van der Waals surface area contributed by atoms with Crippen molar-refractivity contribution in [2.45, 2.75) is 70.9 Å². The van der Waals surface area contributed by atoms with Gasteiger partial charge in [-0.3, -0.25) is 0 Å². The fourth-order valence-corrected chi connectivity index (χ4v) is 4.05. The zero-order valence-electron chi connectivity index (χ0n) is 15.9. The smallest absolute Gasteiger partial charge is 0.0807 e. The summed E-state index contributed by atoms with van der Waals surface area (Å²) in [5.74, 6) is 0. The van der Waals surface area contributed by atoms with E-state index in [0.717, 1.165) is 45.6 Å². The number of rotatable bonds is 6. The van der Waals surface area contributed by atoms with E-state index in [1.165, 1.54) is 0 Å². The van der Waals surface area contributed by atoms with Crippen LogP contribution in [0.2, 0.25) is 0 Å². The number of hydrogen-bond acceptors (Lipinski definition) is 5. The Morgan fingerprint density at radius 2 is 1.70 bits per heavy atom. The lowest BCUT2D eigenvalue weighted by molar-refractivity contribution is -0.163. The van der Waals surface area contributed by atoms with Gasteiger partial charge in [-0.2, -0.15) is 0 Å². The normalized spacial score (nSPS) is 35.2. The molecule has 2 heterocycles. The van der Waals surface area contributed by atoms with Crippen LogP contribution < -0.4 is 16.0 Å². The van der Waals surface area contributed by atoms with Crippen LogP contribution in [0.5, 0.6) is 0 Å². The van der Waals surface area contributed by atoms with Gasteiger partial charge in [-0.25, -0.2) is 0 Å². The predicted octanol–water partition coefficient (Wildman–Crippen LogP) is 1.53. The highest BCUT2D eigenvalue weighted by molar-refractivity contribution is 4.92. The summed E-state index contributed by atoms with van der Waals surface area (Å²) in [5, 5.41) is 10.4. The van der Waals surface area contributed by atoms with E-state index in [2.05, 4.69) is 50.6 Å². The van der Waals surface area contributed by atoms with Crippen LogP contribution in [-0.4, -0.2) is 63.2 Å². The van der Waals surface area contributed by atoms with E-state index in [9.17, 15) is 0 Å². The molecule has 2 fully saturated rings. The average Bonchev–Trinajstić information content (AvgIpc) is 2.35. The maximum atomic E-state index is 6.53. The Morgan fingerprint density at radius 1 is 1.04 bits per heavy atom. The van der Waals surface area contributed by atoms with Crippen LogP contribution in [0, 0.1) is 5.41 Å². The minimum Gasteiger partial charge on any atom is -0.370 e. The Morgan fingerprint density at radius 3 is 2.35 bits per heavy atom. The van der Waals surface area contributed by atoms with Crippen molar-refractivity contribution in [3.05, 3.63) is 0 Å². The van der Waals surface area contributed by atoms with Gasteiger partial charge in [0.25, 0.3) is 0 Å². The molecule has 0 spiro atoms. The molecule has 3 atom stereocenters. The number of nitrogens with one attached hydrogen (secondary N) is 3. The van der Waals surface area contributed by atoms with Crippen LogP contribution in [-0.2, 0) is 9.47 Å². The molecule has 5 heteroatoms. The first-order valence-electron chi connectivity index (χ1n) is 9.05. The predicted molar refractivity (Wildman–Crippen MR) is 94.9 cm³/mol. The molecule has 2 aliphatic heterocycles. The topological polar surface area (TPSA) is 54.5 Å². The molecule has 2 rings (SSSR count). The second-order valence-corrected chi connectivity index (χ2v) is 9.05. The third-order valence-electron chi connectivity index (χ3n) is 4.83. The molecule has 23 heavy (non-hydrogen) atoms. The molecule has 3 N–H and O–H groups in total. The number of hydrogen-bond donors (Lipinski definition) is 3. The van der Waals surface area contributed by atoms with Crippen molar-refractivity contribution < 1.29 is 9.47 Å². The molecule has 0 aliphatic carbocycles. The summed E-state index contributed by atoms with van der Waals surface area (Å²) >= 11 is 0. The monoisotopic (exact) mass is 327 g/mol. The SMILES string of the molecule is CNCC(C)(C)CC1CNCC(C)(CC2CNCC(C)(C)O2)O1. The Hall–Kier alpha value is -0.200. The molecular formula is C18H37N3O2. The van der Waals surface area contributed by atoms with Gasteiger partial charge < -0.3 is 25.4 Å². The molecular weight excluding hydrogens is 290 g/mol. The Balaban J connectivity index is 1.90. The molecule has 136 valence electrons. The van der Waals surface area contributed by atoms with E-state index >= 15 is 0 Å². The molecule has 5 nitrogen and oxygen atoms in total. The van der Waals surface area contributed by atoms with Crippen LogP contribution in [0.4, 0.5) is 0 Å². The van der Waals surface area contributed by atoms with Crippen LogP contribution in [0.15, 0.2) is 0 Å². The van der Waals surface area contributed by atoms with Crippen LogP contribution >= 0.6 is 0 Å². The molecule has 0 aromatic heterocycles. The first-order valence-corrected chi connectivity index (χ1v) is 9.05. The third-order valence-corrected chi connectivity index (χ3v) is 4.83. The molecule has 0 bridgehead atoms. The standard InChI is InChI=1S/C18H37N3O2/c1-16(2,11-19-6)7-14-9-21-13-18(5,23-14)8-15-10-20-12-17(3,4)22-15/h14-15,19-21H,7-13H2,1-6H3.